The molecule has 1 N–H and O–H groups in total. The minimum Gasteiger partial charge on any atom is -0.367 e. The van der Waals surface area contributed by atoms with Gasteiger partial charge in [0.2, 0.25) is 0 Å². The largest absolute Gasteiger partial charge is 0.367 e. The Hall–Kier alpha value is -2.53. The summed E-state index contributed by atoms with van der Waals surface area (Å²) in [6.07, 6.45) is 3.70. The van der Waals surface area contributed by atoms with Gasteiger partial charge in [-0.3, -0.25) is 4.40 Å². The van der Waals surface area contributed by atoms with Gasteiger partial charge in [-0.25, -0.2) is 9.97 Å². The Morgan fingerprint density at radius 3 is 2.71 bits per heavy atom. The van der Waals surface area contributed by atoms with E-state index in [0.717, 1.165) is 40.4 Å². The van der Waals surface area contributed by atoms with Crippen LogP contribution >= 0.6 is 11.8 Å². The van der Waals surface area contributed by atoms with Gasteiger partial charge in [0, 0.05) is 18.1 Å². The fraction of sp³-hybridized carbons (Fsp3) is 0.158. The fourth-order valence-corrected chi connectivity index (χ4v) is 3.56. The Morgan fingerprint density at radius 2 is 1.79 bits per heavy atom. The van der Waals surface area contributed by atoms with Gasteiger partial charge in [-0.15, -0.1) is 0 Å². The minimum atomic E-state index is 0.879. The van der Waals surface area contributed by atoms with Crippen LogP contribution < -0.4 is 5.32 Å². The van der Waals surface area contributed by atoms with Crippen LogP contribution in [-0.2, 0) is 5.75 Å². The number of fused-ring (bicyclic) bond motifs is 3. The molecule has 0 saturated heterocycles. The number of thioether (sulfide) groups is 1. The molecule has 4 rings (SSSR count). The zero-order valence-electron chi connectivity index (χ0n) is 13.2. The van der Waals surface area contributed by atoms with Gasteiger partial charge in [0.05, 0.1) is 23.6 Å². The van der Waals surface area contributed by atoms with Gasteiger partial charge >= 0.3 is 0 Å². The highest BCUT2D eigenvalue weighted by Gasteiger charge is 2.07. The van der Waals surface area contributed by atoms with Crippen LogP contribution in [0.2, 0.25) is 0 Å². The van der Waals surface area contributed by atoms with E-state index < -0.39 is 0 Å². The zero-order chi connectivity index (χ0) is 16.2. The molecule has 4 nitrogen and oxygen atoms in total. The molecular formula is C19H18N4S. The predicted molar refractivity (Wildman–Crippen MR) is 102 cm³/mol. The summed E-state index contributed by atoms with van der Waals surface area (Å²) in [4.78, 5) is 9.02. The molecule has 2 heterocycles. The molecule has 0 unspecified atom stereocenters. The molecule has 5 heteroatoms. The Morgan fingerprint density at radius 1 is 0.958 bits per heavy atom. The van der Waals surface area contributed by atoms with E-state index in [2.05, 4.69) is 51.1 Å². The summed E-state index contributed by atoms with van der Waals surface area (Å²) >= 11 is 1.92. The van der Waals surface area contributed by atoms with E-state index in [1.54, 1.807) is 0 Å². The number of anilines is 1. The van der Waals surface area contributed by atoms with E-state index in [4.69, 9.17) is 4.98 Å². The summed E-state index contributed by atoms with van der Waals surface area (Å²) in [6.45, 7) is 0.879. The molecule has 24 heavy (non-hydrogen) atoms. The molecule has 0 aliphatic rings. The summed E-state index contributed by atoms with van der Waals surface area (Å²) in [7, 11) is 0. The molecule has 2 aromatic carbocycles. The maximum atomic E-state index is 4.75. The van der Waals surface area contributed by atoms with E-state index >= 15 is 0 Å². The number of nitrogens with one attached hydrogen (secondary N) is 1. The molecule has 0 bridgehead atoms. The second-order valence-corrected chi connectivity index (χ2v) is 6.67. The molecule has 0 aliphatic carbocycles. The molecule has 4 aromatic rings. The Kier molecular flexibility index (Phi) is 4.34. The van der Waals surface area contributed by atoms with Crippen LogP contribution in [0.1, 0.15) is 5.56 Å². The predicted octanol–water partition coefficient (Wildman–Crippen LogP) is 4.23. The molecule has 0 atom stereocenters. The van der Waals surface area contributed by atoms with Gasteiger partial charge in [0.1, 0.15) is 5.52 Å². The molecule has 2 aromatic heterocycles. The minimum absolute atomic E-state index is 0.879. The summed E-state index contributed by atoms with van der Waals surface area (Å²) in [5, 5.41) is 3.46. The average Bonchev–Trinajstić information content (AvgIpc) is 3.12. The van der Waals surface area contributed by atoms with Crippen molar-refractivity contribution < 1.29 is 0 Å². The van der Waals surface area contributed by atoms with Gasteiger partial charge in [-0.05, 0) is 17.7 Å². The molecule has 0 aliphatic heterocycles. The third kappa shape index (κ3) is 3.08. The van der Waals surface area contributed by atoms with Crippen LogP contribution in [0.15, 0.2) is 67.1 Å². The van der Waals surface area contributed by atoms with Crippen LogP contribution in [0, 0.1) is 0 Å². The van der Waals surface area contributed by atoms with Crippen molar-refractivity contribution in [3.63, 3.8) is 0 Å². The van der Waals surface area contributed by atoms with Gasteiger partial charge in [-0.2, -0.15) is 11.8 Å². The van der Waals surface area contributed by atoms with Crippen molar-refractivity contribution in [2.24, 2.45) is 0 Å². The lowest BCUT2D eigenvalue weighted by Gasteiger charge is -2.10. The van der Waals surface area contributed by atoms with Crippen LogP contribution in [0.5, 0.6) is 0 Å². The van der Waals surface area contributed by atoms with E-state index in [0.29, 0.717) is 0 Å². The van der Waals surface area contributed by atoms with Gasteiger partial charge in [-0.1, -0.05) is 42.5 Å². The summed E-state index contributed by atoms with van der Waals surface area (Å²) in [5.74, 6) is 2.96. The summed E-state index contributed by atoms with van der Waals surface area (Å²) in [5.41, 5.74) is 4.43. The van der Waals surface area contributed by atoms with Crippen LogP contribution in [0.25, 0.3) is 16.6 Å². The van der Waals surface area contributed by atoms with E-state index in [-0.39, 0.29) is 0 Å². The zero-order valence-corrected chi connectivity index (χ0v) is 14.0. The number of imidazole rings is 1. The van der Waals surface area contributed by atoms with Crippen molar-refractivity contribution in [1.29, 1.82) is 0 Å². The monoisotopic (exact) mass is 334 g/mol. The molecule has 0 fully saturated rings. The summed E-state index contributed by atoms with van der Waals surface area (Å²) in [6, 6.07) is 18.7. The lowest BCUT2D eigenvalue weighted by molar-refractivity contribution is 1.15. The van der Waals surface area contributed by atoms with Crippen molar-refractivity contribution >= 4 is 34.1 Å². The highest BCUT2D eigenvalue weighted by Crippen LogP contribution is 2.21. The van der Waals surface area contributed by atoms with Crippen LogP contribution in [-0.4, -0.2) is 26.7 Å². The van der Waals surface area contributed by atoms with Crippen molar-refractivity contribution in [2.45, 2.75) is 5.75 Å². The molecular weight excluding hydrogens is 316 g/mol. The number of para-hydroxylation sites is 2. The third-order valence-corrected chi connectivity index (χ3v) is 4.94. The second-order valence-electron chi connectivity index (χ2n) is 5.56. The highest BCUT2D eigenvalue weighted by atomic mass is 32.2. The maximum Gasteiger partial charge on any atom is 0.152 e. The third-order valence-electron chi connectivity index (χ3n) is 3.91. The van der Waals surface area contributed by atoms with Crippen molar-refractivity contribution in [3.8, 4) is 0 Å². The Labute approximate surface area is 144 Å². The van der Waals surface area contributed by atoms with Crippen molar-refractivity contribution in [2.75, 3.05) is 17.6 Å². The molecule has 0 amide bonds. The number of aromatic nitrogens is 3. The Bertz CT molecular complexity index is 949. The average molecular weight is 334 g/mol. The lowest BCUT2D eigenvalue weighted by Crippen LogP contribution is -2.07. The van der Waals surface area contributed by atoms with Crippen molar-refractivity contribution in [3.05, 3.63) is 72.7 Å². The first-order valence-electron chi connectivity index (χ1n) is 7.98. The molecule has 120 valence electrons. The second kappa shape index (κ2) is 6.93. The standard InChI is InChI=1S/C19H18N4S/c1-2-6-15(7-3-1)13-24-11-10-21-19-18-12-20-14-23(18)17-9-5-4-8-16(17)22-19/h1-9,12,14H,10-11,13H2,(H,21,22). The van der Waals surface area contributed by atoms with E-state index in [1.807, 2.05) is 42.5 Å². The number of benzene rings is 2. The van der Waals surface area contributed by atoms with Gasteiger partial charge < -0.3 is 5.32 Å². The number of rotatable bonds is 6. The number of hydrogen-bond donors (Lipinski definition) is 1. The smallest absolute Gasteiger partial charge is 0.152 e. The van der Waals surface area contributed by atoms with Gasteiger partial charge in [0.25, 0.3) is 0 Å². The van der Waals surface area contributed by atoms with E-state index in [9.17, 15) is 0 Å². The SMILES string of the molecule is c1ccc(CSCCNc2nc3ccccc3n3cncc23)cc1. The first-order chi connectivity index (χ1) is 11.9. The lowest BCUT2D eigenvalue weighted by atomic mass is 10.2. The number of hydrogen-bond acceptors (Lipinski definition) is 4. The molecule has 0 radical (unpaired) electrons. The molecule has 0 spiro atoms. The van der Waals surface area contributed by atoms with Gasteiger partial charge in [0.15, 0.2) is 5.82 Å². The quantitative estimate of drug-likeness (QED) is 0.536. The maximum absolute atomic E-state index is 4.75. The topological polar surface area (TPSA) is 42.2 Å². The first kappa shape index (κ1) is 15.0. The first-order valence-corrected chi connectivity index (χ1v) is 9.13. The summed E-state index contributed by atoms with van der Waals surface area (Å²) < 4.78 is 2.09. The highest BCUT2D eigenvalue weighted by molar-refractivity contribution is 7.98. The van der Waals surface area contributed by atoms with E-state index in [1.165, 1.54) is 5.56 Å². The number of nitrogens with zero attached hydrogens (tertiary/aromatic N) is 3. The Balaban J connectivity index is 1.43. The van der Waals surface area contributed by atoms with Crippen molar-refractivity contribution in [1.82, 2.24) is 14.4 Å². The fourth-order valence-electron chi connectivity index (χ4n) is 2.74. The normalized spacial score (nSPS) is 11.2. The van der Waals surface area contributed by atoms with Crippen LogP contribution in [0.3, 0.4) is 0 Å². The molecule has 0 saturated carbocycles. The van der Waals surface area contributed by atoms with Crippen LogP contribution in [0.4, 0.5) is 5.82 Å².